The fourth-order valence-electron chi connectivity index (χ4n) is 2.97. The van der Waals surface area contributed by atoms with Crippen molar-refractivity contribution in [3.05, 3.63) is 35.0 Å². The third kappa shape index (κ3) is 2.92. The zero-order valence-corrected chi connectivity index (χ0v) is 13.0. The van der Waals surface area contributed by atoms with Gasteiger partial charge in [0, 0.05) is 42.8 Å². The Morgan fingerprint density at radius 1 is 1.29 bits per heavy atom. The summed E-state index contributed by atoms with van der Waals surface area (Å²) in [5.74, 6) is 0.0705. The zero-order chi connectivity index (χ0) is 14.8. The van der Waals surface area contributed by atoms with E-state index in [9.17, 15) is 4.79 Å². The van der Waals surface area contributed by atoms with E-state index >= 15 is 0 Å². The van der Waals surface area contributed by atoms with Gasteiger partial charge in [-0.1, -0.05) is 18.5 Å². The zero-order valence-electron chi connectivity index (χ0n) is 12.2. The van der Waals surface area contributed by atoms with E-state index in [1.807, 2.05) is 23.2 Å². The minimum absolute atomic E-state index is 0.0705. The van der Waals surface area contributed by atoms with E-state index in [4.69, 9.17) is 11.6 Å². The Morgan fingerprint density at radius 2 is 2.05 bits per heavy atom. The van der Waals surface area contributed by atoms with Gasteiger partial charge in [-0.05, 0) is 31.2 Å². The van der Waals surface area contributed by atoms with E-state index in [2.05, 4.69) is 16.8 Å². The normalized spacial score (nSPS) is 16.6. The Balaban J connectivity index is 1.80. The van der Waals surface area contributed by atoms with Gasteiger partial charge in [0.25, 0.3) is 5.91 Å². The van der Waals surface area contributed by atoms with Crippen LogP contribution in [0, 0.1) is 0 Å². The van der Waals surface area contributed by atoms with Gasteiger partial charge in [0.15, 0.2) is 0 Å². The highest BCUT2D eigenvalue weighted by Crippen LogP contribution is 2.24. The van der Waals surface area contributed by atoms with Crippen LogP contribution in [0.1, 0.15) is 23.7 Å². The number of amides is 1. The smallest absolute Gasteiger partial charge is 0.256 e. The van der Waals surface area contributed by atoms with E-state index in [1.165, 1.54) is 0 Å². The van der Waals surface area contributed by atoms with Crippen LogP contribution in [0.4, 0.5) is 0 Å². The van der Waals surface area contributed by atoms with Crippen molar-refractivity contribution >= 4 is 28.4 Å². The van der Waals surface area contributed by atoms with E-state index in [1.54, 1.807) is 6.07 Å². The first kappa shape index (κ1) is 14.4. The first-order valence-corrected chi connectivity index (χ1v) is 7.85. The Kier molecular flexibility index (Phi) is 4.17. The first-order chi connectivity index (χ1) is 10.2. The molecule has 21 heavy (non-hydrogen) atoms. The van der Waals surface area contributed by atoms with Crippen LogP contribution in [0.2, 0.25) is 5.02 Å². The number of nitrogens with zero attached hydrogens (tertiary/aromatic N) is 2. The highest BCUT2D eigenvalue weighted by atomic mass is 35.5. The predicted octanol–water partition coefficient (Wildman–Crippen LogP) is 2.99. The fourth-order valence-corrected chi connectivity index (χ4v) is 3.19. The molecule has 1 N–H and O–H groups in total. The van der Waals surface area contributed by atoms with Crippen LogP contribution < -0.4 is 0 Å². The molecule has 5 heteroatoms. The molecular formula is C16H20ClN3O. The maximum atomic E-state index is 12.8. The van der Waals surface area contributed by atoms with Gasteiger partial charge in [0.05, 0.1) is 11.1 Å². The van der Waals surface area contributed by atoms with Crippen LogP contribution in [0.15, 0.2) is 24.4 Å². The van der Waals surface area contributed by atoms with Crippen molar-refractivity contribution in [1.82, 2.24) is 14.8 Å². The quantitative estimate of drug-likeness (QED) is 0.947. The molecule has 0 saturated carbocycles. The lowest BCUT2D eigenvalue weighted by molar-refractivity contribution is 0.0639. The molecule has 0 radical (unpaired) electrons. The Hall–Kier alpha value is -1.52. The second-order valence-electron chi connectivity index (χ2n) is 5.53. The van der Waals surface area contributed by atoms with Crippen molar-refractivity contribution in [2.24, 2.45) is 0 Å². The average Bonchev–Trinajstić information content (AvgIpc) is 2.95. The summed E-state index contributed by atoms with van der Waals surface area (Å²) in [7, 11) is 0. The minimum Gasteiger partial charge on any atom is -0.361 e. The summed E-state index contributed by atoms with van der Waals surface area (Å²) in [5.41, 5.74) is 1.55. The first-order valence-electron chi connectivity index (χ1n) is 7.47. The van der Waals surface area contributed by atoms with Crippen LogP contribution in [0.5, 0.6) is 0 Å². The maximum absolute atomic E-state index is 12.8. The third-order valence-corrected chi connectivity index (χ3v) is 4.27. The van der Waals surface area contributed by atoms with E-state index in [0.29, 0.717) is 10.6 Å². The summed E-state index contributed by atoms with van der Waals surface area (Å²) >= 11 is 6.14. The average molecular weight is 306 g/mol. The molecule has 2 heterocycles. The van der Waals surface area contributed by atoms with Gasteiger partial charge < -0.3 is 9.88 Å². The SMILES string of the molecule is CCCN1CCN(C(=O)c2cc(Cl)cc3cc[nH]c23)CC1. The number of carbonyl (C=O) groups is 1. The van der Waals surface area contributed by atoms with Gasteiger partial charge in [0.1, 0.15) is 0 Å². The Bertz CT molecular complexity index is 644. The van der Waals surface area contributed by atoms with Crippen LogP contribution in [-0.2, 0) is 0 Å². The number of aromatic nitrogens is 1. The number of aromatic amines is 1. The van der Waals surface area contributed by atoms with Crippen molar-refractivity contribution in [1.29, 1.82) is 0 Å². The van der Waals surface area contributed by atoms with E-state index < -0.39 is 0 Å². The standard InChI is InChI=1S/C16H20ClN3O/c1-2-5-19-6-8-20(9-7-19)16(21)14-11-13(17)10-12-3-4-18-15(12)14/h3-4,10-11,18H,2,5-9H2,1H3. The number of rotatable bonds is 3. The number of piperazine rings is 1. The van der Waals surface area contributed by atoms with Crippen LogP contribution in [-0.4, -0.2) is 53.4 Å². The number of hydrogen-bond donors (Lipinski definition) is 1. The number of halogens is 1. The summed E-state index contributed by atoms with van der Waals surface area (Å²) in [6.07, 6.45) is 3.00. The predicted molar refractivity (Wildman–Crippen MR) is 85.9 cm³/mol. The molecule has 1 aromatic carbocycles. The van der Waals surface area contributed by atoms with E-state index in [-0.39, 0.29) is 5.91 Å². The number of hydrogen-bond acceptors (Lipinski definition) is 2. The summed E-state index contributed by atoms with van der Waals surface area (Å²) in [6.45, 7) is 6.77. The summed E-state index contributed by atoms with van der Waals surface area (Å²) < 4.78 is 0. The molecular weight excluding hydrogens is 286 g/mol. The minimum atomic E-state index is 0.0705. The molecule has 1 aliphatic heterocycles. The molecule has 1 amide bonds. The van der Waals surface area contributed by atoms with Crippen LogP contribution >= 0.6 is 11.6 Å². The number of H-pyrrole nitrogens is 1. The Morgan fingerprint density at radius 3 is 2.76 bits per heavy atom. The van der Waals surface area contributed by atoms with Crippen molar-refractivity contribution in [3.63, 3.8) is 0 Å². The highest BCUT2D eigenvalue weighted by molar-refractivity contribution is 6.32. The number of benzene rings is 1. The monoisotopic (exact) mass is 305 g/mol. The van der Waals surface area contributed by atoms with Gasteiger partial charge in [0.2, 0.25) is 0 Å². The molecule has 0 spiro atoms. The number of carbonyl (C=O) groups excluding carboxylic acids is 1. The van der Waals surface area contributed by atoms with Gasteiger partial charge in [-0.15, -0.1) is 0 Å². The summed E-state index contributed by atoms with van der Waals surface area (Å²) in [5, 5.41) is 1.59. The maximum Gasteiger partial charge on any atom is 0.256 e. The van der Waals surface area contributed by atoms with Gasteiger partial charge in [-0.25, -0.2) is 0 Å². The Labute approximate surface area is 129 Å². The summed E-state index contributed by atoms with van der Waals surface area (Å²) in [4.78, 5) is 20.2. The van der Waals surface area contributed by atoms with Crippen molar-refractivity contribution in [2.45, 2.75) is 13.3 Å². The summed E-state index contributed by atoms with van der Waals surface area (Å²) in [6, 6.07) is 5.58. The third-order valence-electron chi connectivity index (χ3n) is 4.05. The van der Waals surface area contributed by atoms with Crippen LogP contribution in [0.25, 0.3) is 10.9 Å². The lowest BCUT2D eigenvalue weighted by atomic mass is 10.1. The molecule has 0 unspecified atom stereocenters. The lowest BCUT2D eigenvalue weighted by Crippen LogP contribution is -2.48. The molecule has 0 aliphatic carbocycles. The second kappa shape index (κ2) is 6.08. The van der Waals surface area contributed by atoms with Crippen molar-refractivity contribution in [2.75, 3.05) is 32.7 Å². The molecule has 0 atom stereocenters. The lowest BCUT2D eigenvalue weighted by Gasteiger charge is -2.34. The molecule has 1 saturated heterocycles. The number of fused-ring (bicyclic) bond motifs is 1. The molecule has 3 rings (SSSR count). The molecule has 0 bridgehead atoms. The van der Waals surface area contributed by atoms with Crippen molar-refractivity contribution < 1.29 is 4.79 Å². The fraction of sp³-hybridized carbons (Fsp3) is 0.438. The molecule has 2 aromatic rings. The molecule has 112 valence electrons. The number of nitrogens with one attached hydrogen (secondary N) is 1. The van der Waals surface area contributed by atoms with Crippen molar-refractivity contribution in [3.8, 4) is 0 Å². The van der Waals surface area contributed by atoms with Crippen LogP contribution in [0.3, 0.4) is 0 Å². The van der Waals surface area contributed by atoms with Gasteiger partial charge >= 0.3 is 0 Å². The topological polar surface area (TPSA) is 39.3 Å². The molecule has 1 aromatic heterocycles. The molecule has 1 aliphatic rings. The largest absolute Gasteiger partial charge is 0.361 e. The van der Waals surface area contributed by atoms with Gasteiger partial charge in [-0.2, -0.15) is 0 Å². The molecule has 1 fully saturated rings. The molecule has 4 nitrogen and oxygen atoms in total. The highest BCUT2D eigenvalue weighted by Gasteiger charge is 2.23. The second-order valence-corrected chi connectivity index (χ2v) is 5.97. The van der Waals surface area contributed by atoms with E-state index in [0.717, 1.165) is 50.0 Å². The van der Waals surface area contributed by atoms with Gasteiger partial charge in [-0.3, -0.25) is 9.69 Å².